The number of hydrogen-bond donors (Lipinski definition) is 4. The van der Waals surface area contributed by atoms with E-state index in [9.17, 15) is 0 Å². The van der Waals surface area contributed by atoms with Gasteiger partial charge in [-0.2, -0.15) is 0 Å². The molecule has 12 rings (SSSR count). The molecule has 0 atom stereocenters. The van der Waals surface area contributed by atoms with Crippen LogP contribution in [0.2, 0.25) is 0 Å². The topological polar surface area (TPSA) is 120 Å². The van der Waals surface area contributed by atoms with Crippen LogP contribution in [0.5, 0.6) is 0 Å². The fraction of sp³-hybridized carbons (Fsp3) is 0.160. The van der Waals surface area contributed by atoms with Crippen molar-refractivity contribution in [3.63, 3.8) is 0 Å². The highest BCUT2D eigenvalue weighted by molar-refractivity contribution is 8.00. The Morgan fingerprint density at radius 3 is 0.559 bits per heavy atom. The second kappa shape index (κ2) is 32.0. The molecule has 12 heteroatoms. The van der Waals surface area contributed by atoms with Gasteiger partial charge in [-0.3, -0.25) is 0 Å². The molecule has 0 fully saturated rings. The lowest BCUT2D eigenvalue weighted by molar-refractivity contribution is -0.688. The first-order valence-electron chi connectivity index (χ1n) is 31.9. The van der Waals surface area contributed by atoms with Crippen LogP contribution in [0.25, 0.3) is 44.5 Å². The molecule has 8 nitrogen and oxygen atoms in total. The van der Waals surface area contributed by atoms with Gasteiger partial charge in [0.25, 0.3) is 0 Å². The zero-order valence-electron chi connectivity index (χ0n) is 52.4. The lowest BCUT2D eigenvalue weighted by atomic mass is 9.65. The molecule has 0 bridgehead atoms. The minimum Gasteiger partial charge on any atom is -0.330 e. The van der Waals surface area contributed by atoms with E-state index >= 15 is 0 Å². The molecule has 93 heavy (non-hydrogen) atoms. The monoisotopic (exact) mass is 1290 g/mol. The van der Waals surface area contributed by atoms with Gasteiger partial charge in [0.1, 0.15) is 0 Å². The first-order chi connectivity index (χ1) is 45.8. The van der Waals surface area contributed by atoms with Gasteiger partial charge in [-0.05, 0) is 115 Å². The van der Waals surface area contributed by atoms with Crippen molar-refractivity contribution in [3.05, 3.63) is 337 Å². The van der Waals surface area contributed by atoms with E-state index in [-0.39, 0.29) is 0 Å². The van der Waals surface area contributed by atoms with Gasteiger partial charge in [0.15, 0.2) is 75.8 Å². The summed E-state index contributed by atoms with van der Waals surface area (Å²) < 4.78 is 9.06. The van der Waals surface area contributed by atoms with Gasteiger partial charge in [-0.25, -0.2) is 18.3 Å². The maximum Gasteiger partial charge on any atom is 0.173 e. The highest BCUT2D eigenvalue weighted by Gasteiger charge is 2.39. The highest BCUT2D eigenvalue weighted by atomic mass is 32.2. The maximum absolute atomic E-state index is 5.78. The Morgan fingerprint density at radius 1 is 0.215 bits per heavy atom. The van der Waals surface area contributed by atoms with Crippen LogP contribution in [0, 0.1) is 0 Å². The van der Waals surface area contributed by atoms with Gasteiger partial charge in [0.05, 0.1) is 5.41 Å². The predicted octanol–water partition coefficient (Wildman–Crippen LogP) is 14.3. The van der Waals surface area contributed by atoms with Gasteiger partial charge >= 0.3 is 0 Å². The summed E-state index contributed by atoms with van der Waals surface area (Å²) in [5.74, 6) is 3.65. The van der Waals surface area contributed by atoms with E-state index in [2.05, 4.69) is 310 Å². The Hall–Kier alpha value is -8.40. The molecule has 0 saturated heterocycles. The molecule has 0 radical (unpaired) electrons. The molecule has 0 unspecified atom stereocenters. The Balaban J connectivity index is 0.873. The molecule has 0 amide bonds. The Morgan fingerprint density at radius 2 is 0.387 bits per heavy atom. The second-order valence-electron chi connectivity index (χ2n) is 23.2. The summed E-state index contributed by atoms with van der Waals surface area (Å²) in [7, 11) is 0. The predicted molar refractivity (Wildman–Crippen MR) is 389 cm³/mol. The van der Waals surface area contributed by atoms with Crippen molar-refractivity contribution in [3.8, 4) is 44.5 Å². The second-order valence-corrected chi connectivity index (χ2v) is 27.9. The van der Waals surface area contributed by atoms with Crippen molar-refractivity contribution in [2.24, 2.45) is 22.9 Å². The van der Waals surface area contributed by atoms with E-state index < -0.39 is 5.41 Å². The molecule has 0 aliphatic rings. The van der Waals surface area contributed by atoms with Crippen LogP contribution in [-0.4, -0.2) is 49.2 Å². The van der Waals surface area contributed by atoms with Crippen LogP contribution in [-0.2, 0) is 31.6 Å². The lowest BCUT2D eigenvalue weighted by Crippen LogP contribution is -2.35. The van der Waals surface area contributed by atoms with E-state index in [1.165, 1.54) is 109 Å². The van der Waals surface area contributed by atoms with Crippen molar-refractivity contribution < 1.29 is 18.3 Å². The highest BCUT2D eigenvalue weighted by Crippen LogP contribution is 2.46. The maximum atomic E-state index is 5.78. The minimum absolute atomic E-state index is 0.669. The number of benzene rings is 8. The zero-order chi connectivity index (χ0) is 63.6. The first kappa shape index (κ1) is 64.7. The third-order valence-electron chi connectivity index (χ3n) is 16.9. The van der Waals surface area contributed by atoms with Crippen molar-refractivity contribution in [1.82, 2.24) is 0 Å². The van der Waals surface area contributed by atoms with E-state index in [4.69, 9.17) is 22.9 Å². The third kappa shape index (κ3) is 16.5. The smallest absolute Gasteiger partial charge is 0.173 e. The SMILES string of the molecule is NCCSc1ccc(-c2cc[n+](Cc3ccc(C(c4ccc(C[n+]5ccc(-c6ccc(SCCN)cc6)cc5)cc4)(c4ccc(C[n+]5ccc(-c6ccc(SCCN)cc6)cc5)cc4)c4ccc(C[n+]5ccc(-c6ccc(SCCN)cc6)cc5)cc4)cc3)cc2)cc1. The Kier molecular flexibility index (Phi) is 22.2. The first-order valence-corrected chi connectivity index (χ1v) is 35.8. The number of thioether (sulfide) groups is 4. The van der Waals surface area contributed by atoms with Crippen molar-refractivity contribution >= 4 is 47.0 Å². The molecular weight excluding hydrogens is 1210 g/mol. The summed E-state index contributed by atoms with van der Waals surface area (Å²) in [6.07, 6.45) is 17.5. The summed E-state index contributed by atoms with van der Waals surface area (Å²) >= 11 is 7.17. The molecule has 0 aliphatic heterocycles. The van der Waals surface area contributed by atoms with E-state index in [1.807, 2.05) is 0 Å². The summed E-state index contributed by atoms with van der Waals surface area (Å²) in [4.78, 5) is 4.96. The van der Waals surface area contributed by atoms with Crippen LogP contribution in [0.15, 0.2) is 312 Å². The summed E-state index contributed by atoms with van der Waals surface area (Å²) in [6.45, 7) is 5.61. The molecule has 12 aromatic rings. The third-order valence-corrected chi connectivity index (χ3v) is 21.1. The largest absolute Gasteiger partial charge is 0.330 e. The fourth-order valence-corrected chi connectivity index (χ4v) is 14.7. The van der Waals surface area contributed by atoms with E-state index in [1.54, 1.807) is 47.0 Å². The van der Waals surface area contributed by atoms with Crippen LogP contribution < -0.4 is 41.2 Å². The lowest BCUT2D eigenvalue weighted by Gasteiger charge is -2.37. The minimum atomic E-state index is -0.700. The fourth-order valence-electron chi connectivity index (χ4n) is 12.0. The average molecular weight is 1290 g/mol. The molecule has 0 saturated carbocycles. The summed E-state index contributed by atoms with van der Waals surface area (Å²) in [5.41, 5.74) is 41.6. The van der Waals surface area contributed by atoms with Crippen LogP contribution in [0.3, 0.4) is 0 Å². The van der Waals surface area contributed by atoms with Gasteiger partial charge in [0.2, 0.25) is 0 Å². The number of nitrogens with zero attached hydrogens (tertiary/aromatic N) is 4. The average Bonchev–Trinajstić information content (AvgIpc) is 0.769. The molecule has 8 N–H and O–H groups in total. The Bertz CT molecular complexity index is 3700. The van der Waals surface area contributed by atoms with Crippen molar-refractivity contribution in [2.75, 3.05) is 49.2 Å². The molecule has 0 aliphatic carbocycles. The molecule has 464 valence electrons. The van der Waals surface area contributed by atoms with Crippen molar-refractivity contribution in [2.45, 2.75) is 51.2 Å². The Labute approximate surface area is 565 Å². The van der Waals surface area contributed by atoms with Crippen LogP contribution in [0.1, 0.15) is 44.5 Å². The number of hydrogen-bond acceptors (Lipinski definition) is 8. The van der Waals surface area contributed by atoms with Crippen LogP contribution in [0.4, 0.5) is 0 Å². The number of rotatable bonds is 28. The van der Waals surface area contributed by atoms with Gasteiger partial charge in [-0.1, -0.05) is 146 Å². The van der Waals surface area contributed by atoms with E-state index in [0.29, 0.717) is 26.2 Å². The molecule has 4 heterocycles. The standard InChI is InChI=1S/C81H80N8S4/c82-41-53-90-77-25-9-65(10-26-77)69-33-45-86(46-34-69)57-61-1-17-73(18-2-61)81(74-19-3-62(4-20-74)58-87-47-35-70(36-48-87)66-11-27-78(28-12-66)91-54-42-83,75-21-5-63(6-22-75)59-88-49-37-71(38-50-88)67-13-29-79(30-14-67)92-55-43-84)76-23-7-64(8-24-76)60-89-51-39-72(40-52-89)68-15-31-80(32-16-68)93-56-44-85/h1-40,45-52H,41-44,53-60,82-85H2/q+4. The number of pyridine rings is 4. The normalized spacial score (nSPS) is 11.5. The van der Waals surface area contributed by atoms with Gasteiger partial charge in [0, 0.05) is 140 Å². The van der Waals surface area contributed by atoms with Gasteiger partial charge in [-0.15, -0.1) is 47.0 Å². The number of nitrogens with two attached hydrogens (primary N) is 4. The zero-order valence-corrected chi connectivity index (χ0v) is 55.7. The van der Waals surface area contributed by atoms with Crippen molar-refractivity contribution in [1.29, 1.82) is 0 Å². The van der Waals surface area contributed by atoms with Gasteiger partial charge < -0.3 is 22.9 Å². The van der Waals surface area contributed by atoms with E-state index in [0.717, 1.165) is 49.2 Å². The molecule has 8 aromatic carbocycles. The quantitative estimate of drug-likeness (QED) is 0.0218. The van der Waals surface area contributed by atoms with Crippen LogP contribution >= 0.6 is 47.0 Å². The summed E-state index contributed by atoms with van der Waals surface area (Å²) in [5, 5.41) is 0. The number of aromatic nitrogens is 4. The summed E-state index contributed by atoms with van der Waals surface area (Å²) in [6, 6.07) is 90.3. The molecular formula is C81H80N8S4+4. The molecule has 0 spiro atoms. The molecule has 4 aromatic heterocycles.